The number of rotatable bonds is 6. The van der Waals surface area contributed by atoms with E-state index in [0.29, 0.717) is 25.3 Å². The summed E-state index contributed by atoms with van der Waals surface area (Å²) in [5, 5.41) is 2.83. The van der Waals surface area contributed by atoms with Crippen molar-refractivity contribution in [3.8, 4) is 0 Å². The summed E-state index contributed by atoms with van der Waals surface area (Å²) in [5.41, 5.74) is 0.906. The SMILES string of the molecule is CC(C)CNC(=O)CCc1ccc(S(=O)(=O)Cl)cc1. The highest BCUT2D eigenvalue weighted by atomic mass is 35.7. The molecule has 106 valence electrons. The minimum atomic E-state index is -3.68. The molecule has 0 bridgehead atoms. The molecule has 0 radical (unpaired) electrons. The Labute approximate surface area is 118 Å². The van der Waals surface area contributed by atoms with Crippen LogP contribution in [0.1, 0.15) is 25.8 Å². The summed E-state index contributed by atoms with van der Waals surface area (Å²) in [4.78, 5) is 11.6. The first-order valence-electron chi connectivity index (χ1n) is 6.09. The third-order valence-electron chi connectivity index (χ3n) is 2.55. The Hall–Kier alpha value is -1.07. The second kappa shape index (κ2) is 6.91. The summed E-state index contributed by atoms with van der Waals surface area (Å²) in [5.74, 6) is 0.430. The van der Waals surface area contributed by atoms with E-state index in [9.17, 15) is 13.2 Å². The second-order valence-electron chi connectivity index (χ2n) is 4.78. The van der Waals surface area contributed by atoms with Crippen LogP contribution < -0.4 is 5.32 Å². The number of carbonyl (C=O) groups excluding carboxylic acids is 1. The molecule has 1 aromatic rings. The van der Waals surface area contributed by atoms with Gasteiger partial charge in [-0.25, -0.2) is 8.42 Å². The number of aryl methyl sites for hydroxylation is 1. The van der Waals surface area contributed by atoms with Crippen molar-refractivity contribution >= 4 is 25.6 Å². The van der Waals surface area contributed by atoms with Crippen LogP contribution in [0.15, 0.2) is 29.2 Å². The summed E-state index contributed by atoms with van der Waals surface area (Å²) in [6, 6.07) is 6.24. The summed E-state index contributed by atoms with van der Waals surface area (Å²) in [7, 11) is 1.54. The van der Waals surface area contributed by atoms with Gasteiger partial charge in [-0.15, -0.1) is 0 Å². The first kappa shape index (κ1) is 16.0. The van der Waals surface area contributed by atoms with Crippen molar-refractivity contribution in [1.82, 2.24) is 5.32 Å². The molecule has 0 aliphatic carbocycles. The van der Waals surface area contributed by atoms with E-state index in [2.05, 4.69) is 5.32 Å². The molecule has 4 nitrogen and oxygen atoms in total. The average molecular weight is 304 g/mol. The lowest BCUT2D eigenvalue weighted by atomic mass is 10.1. The lowest BCUT2D eigenvalue weighted by Crippen LogP contribution is -2.27. The Bertz CT molecular complexity index is 523. The fourth-order valence-electron chi connectivity index (χ4n) is 1.48. The fourth-order valence-corrected chi connectivity index (χ4v) is 2.25. The molecule has 0 unspecified atom stereocenters. The van der Waals surface area contributed by atoms with E-state index < -0.39 is 9.05 Å². The highest BCUT2D eigenvalue weighted by Crippen LogP contribution is 2.15. The van der Waals surface area contributed by atoms with Crippen LogP contribution in [0, 0.1) is 5.92 Å². The molecular weight excluding hydrogens is 286 g/mol. The zero-order chi connectivity index (χ0) is 14.5. The van der Waals surface area contributed by atoms with Crippen molar-refractivity contribution < 1.29 is 13.2 Å². The number of carbonyl (C=O) groups is 1. The summed E-state index contributed by atoms with van der Waals surface area (Å²) in [6.07, 6.45) is 0.965. The Morgan fingerprint density at radius 2 is 1.84 bits per heavy atom. The summed E-state index contributed by atoms with van der Waals surface area (Å²) < 4.78 is 22.1. The average Bonchev–Trinajstić information content (AvgIpc) is 2.33. The van der Waals surface area contributed by atoms with Gasteiger partial charge in [0.2, 0.25) is 5.91 Å². The van der Waals surface area contributed by atoms with Gasteiger partial charge in [0.25, 0.3) is 9.05 Å². The highest BCUT2D eigenvalue weighted by molar-refractivity contribution is 8.13. The molecule has 0 spiro atoms. The minimum Gasteiger partial charge on any atom is -0.356 e. The Morgan fingerprint density at radius 3 is 2.32 bits per heavy atom. The number of hydrogen-bond donors (Lipinski definition) is 1. The fraction of sp³-hybridized carbons (Fsp3) is 0.462. The van der Waals surface area contributed by atoms with E-state index >= 15 is 0 Å². The summed E-state index contributed by atoms with van der Waals surface area (Å²) >= 11 is 0. The maximum Gasteiger partial charge on any atom is 0.261 e. The molecule has 0 fully saturated rings. The predicted molar refractivity (Wildman–Crippen MR) is 75.6 cm³/mol. The molecular formula is C13H18ClNO3S. The number of hydrogen-bond acceptors (Lipinski definition) is 3. The lowest BCUT2D eigenvalue weighted by Gasteiger charge is -2.07. The van der Waals surface area contributed by atoms with Crippen molar-refractivity contribution in [2.45, 2.75) is 31.6 Å². The second-order valence-corrected chi connectivity index (χ2v) is 7.35. The Balaban J connectivity index is 2.48. The van der Waals surface area contributed by atoms with Crippen LogP contribution in [0.5, 0.6) is 0 Å². The van der Waals surface area contributed by atoms with Gasteiger partial charge in [-0.05, 0) is 30.0 Å². The van der Waals surface area contributed by atoms with Gasteiger partial charge in [0.1, 0.15) is 0 Å². The third-order valence-corrected chi connectivity index (χ3v) is 3.92. The van der Waals surface area contributed by atoms with E-state index in [0.717, 1.165) is 5.56 Å². The van der Waals surface area contributed by atoms with Crippen molar-refractivity contribution in [2.75, 3.05) is 6.54 Å². The van der Waals surface area contributed by atoms with Crippen molar-refractivity contribution in [3.63, 3.8) is 0 Å². The van der Waals surface area contributed by atoms with Gasteiger partial charge in [0.15, 0.2) is 0 Å². The molecule has 1 aromatic carbocycles. The van der Waals surface area contributed by atoms with Gasteiger partial charge >= 0.3 is 0 Å². The normalized spacial score (nSPS) is 11.6. The topological polar surface area (TPSA) is 63.2 Å². The van der Waals surface area contributed by atoms with Crippen LogP contribution in [0.3, 0.4) is 0 Å². The molecule has 0 aliphatic rings. The molecule has 6 heteroatoms. The molecule has 1 amide bonds. The smallest absolute Gasteiger partial charge is 0.261 e. The van der Waals surface area contributed by atoms with Gasteiger partial charge < -0.3 is 5.32 Å². The van der Waals surface area contributed by atoms with Gasteiger partial charge in [-0.2, -0.15) is 0 Å². The highest BCUT2D eigenvalue weighted by Gasteiger charge is 2.09. The standard InChI is InChI=1S/C13H18ClNO3S/c1-10(2)9-15-13(16)8-5-11-3-6-12(7-4-11)19(14,17)18/h3-4,6-7,10H,5,8-9H2,1-2H3,(H,15,16). The van der Waals surface area contributed by atoms with Crippen molar-refractivity contribution in [1.29, 1.82) is 0 Å². The molecule has 1 rings (SSSR count). The van der Waals surface area contributed by atoms with E-state index in [1.54, 1.807) is 12.1 Å². The number of amides is 1. The zero-order valence-electron chi connectivity index (χ0n) is 11.0. The molecule has 1 N–H and O–H groups in total. The van der Waals surface area contributed by atoms with E-state index in [1.165, 1.54) is 12.1 Å². The van der Waals surface area contributed by atoms with E-state index in [-0.39, 0.29) is 10.8 Å². The van der Waals surface area contributed by atoms with Gasteiger partial charge in [-0.1, -0.05) is 26.0 Å². The minimum absolute atomic E-state index is 0.00254. The Morgan fingerprint density at radius 1 is 1.26 bits per heavy atom. The van der Waals surface area contributed by atoms with Crippen LogP contribution in [-0.2, 0) is 20.3 Å². The number of halogens is 1. The maximum absolute atomic E-state index is 11.5. The first-order chi connectivity index (χ1) is 8.79. The molecule has 0 aliphatic heterocycles. The quantitative estimate of drug-likeness (QED) is 0.820. The molecule has 0 saturated carbocycles. The maximum atomic E-state index is 11.5. The van der Waals surface area contributed by atoms with Crippen LogP contribution in [0.4, 0.5) is 0 Å². The lowest BCUT2D eigenvalue weighted by molar-refractivity contribution is -0.121. The zero-order valence-corrected chi connectivity index (χ0v) is 12.6. The van der Waals surface area contributed by atoms with Gasteiger partial charge in [0, 0.05) is 23.6 Å². The van der Waals surface area contributed by atoms with Crippen LogP contribution in [0.25, 0.3) is 0 Å². The molecule has 0 saturated heterocycles. The molecule has 19 heavy (non-hydrogen) atoms. The number of nitrogens with one attached hydrogen (secondary N) is 1. The monoisotopic (exact) mass is 303 g/mol. The molecule has 0 aromatic heterocycles. The molecule has 0 heterocycles. The predicted octanol–water partition coefficient (Wildman–Crippen LogP) is 2.32. The summed E-state index contributed by atoms with van der Waals surface area (Å²) in [6.45, 7) is 4.74. The van der Waals surface area contributed by atoms with Crippen LogP contribution >= 0.6 is 10.7 Å². The van der Waals surface area contributed by atoms with Gasteiger partial charge in [-0.3, -0.25) is 4.79 Å². The molecule has 0 atom stereocenters. The number of benzene rings is 1. The van der Waals surface area contributed by atoms with E-state index in [1.807, 2.05) is 13.8 Å². The largest absolute Gasteiger partial charge is 0.356 e. The van der Waals surface area contributed by atoms with Gasteiger partial charge in [0.05, 0.1) is 4.90 Å². The third kappa shape index (κ3) is 6.07. The van der Waals surface area contributed by atoms with Crippen molar-refractivity contribution in [3.05, 3.63) is 29.8 Å². The van der Waals surface area contributed by atoms with E-state index in [4.69, 9.17) is 10.7 Å². The van der Waals surface area contributed by atoms with Crippen LogP contribution in [-0.4, -0.2) is 20.9 Å². The van der Waals surface area contributed by atoms with Crippen molar-refractivity contribution in [2.24, 2.45) is 5.92 Å². The first-order valence-corrected chi connectivity index (χ1v) is 8.40. The Kier molecular flexibility index (Phi) is 5.82. The van der Waals surface area contributed by atoms with Crippen LogP contribution in [0.2, 0.25) is 0 Å².